The van der Waals surface area contributed by atoms with Crippen LogP contribution in [-0.2, 0) is 16.4 Å². The van der Waals surface area contributed by atoms with Gasteiger partial charge in [0.1, 0.15) is 0 Å². The van der Waals surface area contributed by atoms with Crippen LogP contribution in [0.25, 0.3) is 0 Å². The Morgan fingerprint density at radius 3 is 2.67 bits per heavy atom. The summed E-state index contributed by atoms with van der Waals surface area (Å²) < 4.78 is 26.0. The topological polar surface area (TPSA) is 59.1 Å². The van der Waals surface area contributed by atoms with E-state index in [-0.39, 0.29) is 23.6 Å². The maximum absolute atomic E-state index is 11.7. The summed E-state index contributed by atoms with van der Waals surface area (Å²) >= 11 is 6.00. The van der Waals surface area contributed by atoms with Crippen molar-refractivity contribution >= 4 is 21.6 Å². The quantitative estimate of drug-likeness (QED) is 0.779. The van der Waals surface area contributed by atoms with Crippen LogP contribution in [0.1, 0.15) is 19.5 Å². The van der Waals surface area contributed by atoms with Gasteiger partial charge in [-0.15, -0.1) is 11.6 Å². The minimum Gasteiger partial charge on any atom is -0.261 e. The van der Waals surface area contributed by atoms with Crippen molar-refractivity contribution in [3.8, 4) is 0 Å². The third-order valence-electron chi connectivity index (χ3n) is 2.57. The first-order chi connectivity index (χ1) is 8.41. The van der Waals surface area contributed by atoms with Crippen molar-refractivity contribution in [2.45, 2.75) is 25.6 Å². The van der Waals surface area contributed by atoms with Crippen molar-refractivity contribution in [3.63, 3.8) is 0 Å². The summed E-state index contributed by atoms with van der Waals surface area (Å²) in [6.07, 6.45) is 2.06. The molecule has 0 radical (unpaired) electrons. The molecule has 0 saturated carbocycles. The first-order valence-electron chi connectivity index (χ1n) is 5.92. The Labute approximate surface area is 114 Å². The third-order valence-corrected chi connectivity index (χ3v) is 4.58. The molecule has 0 amide bonds. The molecule has 1 N–H and O–H groups in total. The Morgan fingerprint density at radius 1 is 1.39 bits per heavy atom. The van der Waals surface area contributed by atoms with E-state index in [1.807, 2.05) is 26.0 Å². The van der Waals surface area contributed by atoms with E-state index in [1.54, 1.807) is 12.3 Å². The zero-order valence-corrected chi connectivity index (χ0v) is 12.2. The maximum atomic E-state index is 11.7. The largest absolute Gasteiger partial charge is 0.261 e. The molecule has 1 rings (SSSR count). The maximum Gasteiger partial charge on any atom is 0.212 e. The van der Waals surface area contributed by atoms with E-state index in [9.17, 15) is 8.42 Å². The smallest absolute Gasteiger partial charge is 0.212 e. The van der Waals surface area contributed by atoms with Gasteiger partial charge in [0.2, 0.25) is 10.0 Å². The van der Waals surface area contributed by atoms with Crippen LogP contribution in [0.3, 0.4) is 0 Å². The van der Waals surface area contributed by atoms with Gasteiger partial charge in [-0.25, -0.2) is 13.1 Å². The predicted molar refractivity (Wildman–Crippen MR) is 74.2 cm³/mol. The molecule has 1 heterocycles. The van der Waals surface area contributed by atoms with Gasteiger partial charge in [0.05, 0.1) is 5.75 Å². The minimum absolute atomic E-state index is 0.0334. The lowest BCUT2D eigenvalue weighted by Crippen LogP contribution is -2.34. The molecule has 1 aromatic heterocycles. The van der Waals surface area contributed by atoms with E-state index in [1.165, 1.54) is 0 Å². The summed E-state index contributed by atoms with van der Waals surface area (Å²) in [6.45, 7) is 4.18. The number of nitrogens with one attached hydrogen (secondary N) is 1. The summed E-state index contributed by atoms with van der Waals surface area (Å²) in [6, 6.07) is 5.46. The van der Waals surface area contributed by atoms with Crippen LogP contribution < -0.4 is 4.72 Å². The number of nitrogens with zero attached hydrogens (tertiary/aromatic N) is 1. The highest BCUT2D eigenvalue weighted by Crippen LogP contribution is 2.08. The van der Waals surface area contributed by atoms with Crippen LogP contribution in [0.2, 0.25) is 0 Å². The van der Waals surface area contributed by atoms with E-state index in [0.717, 1.165) is 5.69 Å². The highest BCUT2D eigenvalue weighted by Gasteiger charge is 2.15. The SMILES string of the molecule is CC(C)C(Cl)CNS(=O)(=O)CCc1ccccn1. The zero-order valence-electron chi connectivity index (χ0n) is 10.6. The van der Waals surface area contributed by atoms with E-state index in [2.05, 4.69) is 9.71 Å². The lowest BCUT2D eigenvalue weighted by Gasteiger charge is -2.14. The minimum atomic E-state index is -3.28. The van der Waals surface area contributed by atoms with Gasteiger partial charge < -0.3 is 0 Å². The summed E-state index contributed by atoms with van der Waals surface area (Å²) in [5.74, 6) is 0.274. The van der Waals surface area contributed by atoms with Crippen LogP contribution in [0.5, 0.6) is 0 Å². The average molecular weight is 291 g/mol. The normalized spacial score (nSPS) is 13.8. The molecule has 1 atom stereocenters. The van der Waals surface area contributed by atoms with E-state index in [4.69, 9.17) is 11.6 Å². The second-order valence-corrected chi connectivity index (χ2v) is 6.99. The number of hydrogen-bond acceptors (Lipinski definition) is 3. The van der Waals surface area contributed by atoms with Gasteiger partial charge in [-0.1, -0.05) is 19.9 Å². The molecule has 1 aromatic rings. The van der Waals surface area contributed by atoms with Crippen molar-refractivity contribution in [3.05, 3.63) is 30.1 Å². The van der Waals surface area contributed by atoms with E-state index < -0.39 is 10.0 Å². The molecule has 102 valence electrons. The van der Waals surface area contributed by atoms with Crippen LogP contribution in [0, 0.1) is 5.92 Å². The van der Waals surface area contributed by atoms with Crippen molar-refractivity contribution < 1.29 is 8.42 Å². The average Bonchev–Trinajstić information content (AvgIpc) is 2.35. The lowest BCUT2D eigenvalue weighted by molar-refractivity contribution is 0.555. The lowest BCUT2D eigenvalue weighted by atomic mass is 10.1. The van der Waals surface area contributed by atoms with Crippen molar-refractivity contribution in [1.29, 1.82) is 0 Å². The molecule has 0 aliphatic rings. The number of sulfonamides is 1. The molecule has 0 spiro atoms. The molecule has 18 heavy (non-hydrogen) atoms. The highest BCUT2D eigenvalue weighted by atomic mass is 35.5. The molecule has 6 heteroatoms. The van der Waals surface area contributed by atoms with Crippen molar-refractivity contribution in [2.75, 3.05) is 12.3 Å². The molecule has 0 bridgehead atoms. The zero-order chi connectivity index (χ0) is 13.6. The van der Waals surface area contributed by atoms with Gasteiger partial charge in [-0.05, 0) is 18.1 Å². The second-order valence-electron chi connectivity index (χ2n) is 4.50. The number of hydrogen-bond donors (Lipinski definition) is 1. The number of aryl methyl sites for hydroxylation is 1. The fourth-order valence-electron chi connectivity index (χ4n) is 1.30. The number of rotatable bonds is 7. The van der Waals surface area contributed by atoms with Gasteiger partial charge in [-0.3, -0.25) is 4.98 Å². The summed E-state index contributed by atoms with van der Waals surface area (Å²) in [4.78, 5) is 4.09. The van der Waals surface area contributed by atoms with Gasteiger partial charge >= 0.3 is 0 Å². The van der Waals surface area contributed by atoms with Crippen molar-refractivity contribution in [2.24, 2.45) is 5.92 Å². The Bertz CT molecular complexity index is 448. The van der Waals surface area contributed by atoms with Crippen molar-refractivity contribution in [1.82, 2.24) is 9.71 Å². The molecule has 0 aromatic carbocycles. The fourth-order valence-corrected chi connectivity index (χ4v) is 2.52. The van der Waals surface area contributed by atoms with Crippen LogP contribution in [0.15, 0.2) is 24.4 Å². The van der Waals surface area contributed by atoms with Gasteiger partial charge in [0.15, 0.2) is 0 Å². The first-order valence-corrected chi connectivity index (χ1v) is 8.01. The Balaban J connectivity index is 2.41. The van der Waals surface area contributed by atoms with Crippen LogP contribution in [-0.4, -0.2) is 31.1 Å². The molecular weight excluding hydrogens is 272 g/mol. The first kappa shape index (κ1) is 15.4. The highest BCUT2D eigenvalue weighted by molar-refractivity contribution is 7.89. The summed E-state index contributed by atoms with van der Waals surface area (Å²) in [5.41, 5.74) is 0.772. The number of aromatic nitrogens is 1. The third kappa shape index (κ3) is 5.80. The standard InChI is InChI=1S/C12H19ClN2O2S/c1-10(2)12(13)9-15-18(16,17)8-6-11-5-3-4-7-14-11/h3-5,7,10,12,15H,6,8-9H2,1-2H3. The number of pyridine rings is 1. The molecule has 4 nitrogen and oxygen atoms in total. The molecule has 1 unspecified atom stereocenters. The van der Waals surface area contributed by atoms with Gasteiger partial charge in [0.25, 0.3) is 0 Å². The Kier molecular flexibility index (Phi) is 6.05. The summed E-state index contributed by atoms with van der Waals surface area (Å²) in [5, 5.41) is -0.186. The van der Waals surface area contributed by atoms with Gasteiger partial charge in [0, 0.05) is 30.2 Å². The Hall–Kier alpha value is -0.650. The van der Waals surface area contributed by atoms with E-state index >= 15 is 0 Å². The second kappa shape index (κ2) is 7.07. The molecule has 0 fully saturated rings. The van der Waals surface area contributed by atoms with Crippen LogP contribution >= 0.6 is 11.6 Å². The fraction of sp³-hybridized carbons (Fsp3) is 0.583. The molecule has 0 aliphatic heterocycles. The van der Waals surface area contributed by atoms with Crippen LogP contribution in [0.4, 0.5) is 0 Å². The summed E-state index contributed by atoms with van der Waals surface area (Å²) in [7, 11) is -3.28. The predicted octanol–water partition coefficient (Wildman–Crippen LogP) is 1.81. The number of halogens is 1. The molecule has 0 aliphatic carbocycles. The monoisotopic (exact) mass is 290 g/mol. The molecular formula is C12H19ClN2O2S. The van der Waals surface area contributed by atoms with E-state index in [0.29, 0.717) is 6.42 Å². The molecule has 0 saturated heterocycles. The number of alkyl halides is 1. The van der Waals surface area contributed by atoms with Gasteiger partial charge in [-0.2, -0.15) is 0 Å². The Morgan fingerprint density at radius 2 is 2.11 bits per heavy atom.